The molecule has 0 saturated heterocycles. The molecule has 4 aromatic carbocycles. The van der Waals surface area contributed by atoms with Crippen LogP contribution in [0.25, 0.3) is 43.6 Å². The molecule has 0 bridgehead atoms. The molecule has 3 nitrogen and oxygen atoms in total. The molecule has 6 heteroatoms. The number of nitrogens with zero attached hydrogens (tertiary/aromatic N) is 1. The molecule has 0 saturated carbocycles. The second-order valence-corrected chi connectivity index (χ2v) is 18.1. The number of rotatable bonds is 9. The second-order valence-electron chi connectivity index (χ2n) is 13.0. The van der Waals surface area contributed by atoms with Crippen molar-refractivity contribution >= 4 is 51.4 Å². The van der Waals surface area contributed by atoms with Gasteiger partial charge in [-0.1, -0.05) is 102 Å². The fourth-order valence-corrected chi connectivity index (χ4v) is 7.50. The van der Waals surface area contributed by atoms with Crippen LogP contribution in [0.4, 0.5) is 4.39 Å². The van der Waals surface area contributed by atoms with Crippen molar-refractivity contribution in [3.05, 3.63) is 96.1 Å². The topological polar surface area (TPSA) is 50.2 Å². The Bertz CT molecular complexity index is 1850. The molecule has 5 rings (SSSR count). The second kappa shape index (κ2) is 16.1. The third-order valence-corrected chi connectivity index (χ3v) is 11.0. The number of hydrogen-bond acceptors (Lipinski definition) is 3. The van der Waals surface area contributed by atoms with E-state index in [2.05, 4.69) is 63.0 Å². The monoisotopic (exact) mass is 813 g/mol. The summed E-state index contributed by atoms with van der Waals surface area (Å²) in [5.74, 6) is 0.451. The van der Waals surface area contributed by atoms with Crippen molar-refractivity contribution in [3.63, 3.8) is 0 Å². The molecule has 0 fully saturated rings. The zero-order valence-electron chi connectivity index (χ0n) is 28.4. The average molecular weight is 813 g/mol. The number of carbonyl (C=O) groups is 1. The molecule has 5 aromatic rings. The molecular weight excluding hydrogens is 766 g/mol. The van der Waals surface area contributed by atoms with Gasteiger partial charge in [0, 0.05) is 49.9 Å². The maximum atomic E-state index is 15.0. The molecule has 1 aromatic heterocycles. The summed E-state index contributed by atoms with van der Waals surface area (Å²) in [5, 5.41) is 17.0. The molecule has 0 aliphatic heterocycles. The van der Waals surface area contributed by atoms with Crippen molar-refractivity contribution in [1.29, 1.82) is 0 Å². The van der Waals surface area contributed by atoms with E-state index in [1.807, 2.05) is 58.2 Å². The van der Waals surface area contributed by atoms with Gasteiger partial charge in [0.05, 0.1) is 13.8 Å². The normalized spacial score (nSPS) is 12.0. The Balaban J connectivity index is 0.000000309. The van der Waals surface area contributed by atoms with Crippen molar-refractivity contribution in [2.75, 3.05) is 0 Å². The van der Waals surface area contributed by atoms with E-state index in [1.54, 1.807) is 6.07 Å². The van der Waals surface area contributed by atoms with Crippen LogP contribution in [0.2, 0.25) is 19.6 Å². The Hall–Kier alpha value is -3.18. The predicted molar refractivity (Wildman–Crippen MR) is 193 cm³/mol. The van der Waals surface area contributed by atoms with E-state index in [9.17, 15) is 9.90 Å². The number of benzene rings is 4. The Morgan fingerprint density at radius 3 is 2.15 bits per heavy atom. The maximum absolute atomic E-state index is 15.0. The molecular formula is C40H47FIrNO2Si-. The number of pyridine rings is 1. The van der Waals surface area contributed by atoms with Gasteiger partial charge in [0.1, 0.15) is 5.82 Å². The fraction of sp³-hybridized carbons (Fsp3) is 0.350. The van der Waals surface area contributed by atoms with E-state index < -0.39 is 8.07 Å². The molecule has 0 amide bonds. The SMILES string of the molecule is CCC(CC)C(=O)C=C(O)C(CC)CC.Cc1cc(-c2nccc3c2ccc2cc([Si](C)(C)C)c(F)cc23)[c-]c2ccccc12.[Ir]. The molecule has 0 aliphatic rings. The van der Waals surface area contributed by atoms with Crippen molar-refractivity contribution < 1.29 is 34.4 Å². The Kier molecular flexibility index (Phi) is 13.0. The van der Waals surface area contributed by atoms with Gasteiger partial charge >= 0.3 is 0 Å². The van der Waals surface area contributed by atoms with Gasteiger partial charge in [-0.3, -0.25) is 9.78 Å². The number of halogens is 1. The van der Waals surface area contributed by atoms with Crippen LogP contribution in [-0.4, -0.2) is 23.9 Å². The third kappa shape index (κ3) is 8.20. The fourth-order valence-electron chi connectivity index (χ4n) is 6.12. The Morgan fingerprint density at radius 1 is 0.870 bits per heavy atom. The van der Waals surface area contributed by atoms with Crippen LogP contribution in [0, 0.1) is 30.6 Å². The molecule has 1 heterocycles. The minimum absolute atomic E-state index is 0. The van der Waals surface area contributed by atoms with Crippen molar-refractivity contribution in [2.45, 2.75) is 79.9 Å². The maximum Gasteiger partial charge on any atom is 0.162 e. The summed E-state index contributed by atoms with van der Waals surface area (Å²) in [5.41, 5.74) is 3.05. The van der Waals surface area contributed by atoms with Crippen LogP contribution in [0.3, 0.4) is 0 Å². The van der Waals surface area contributed by atoms with Crippen LogP contribution in [0.15, 0.2) is 78.7 Å². The van der Waals surface area contributed by atoms with Crippen LogP contribution >= 0.6 is 0 Å². The van der Waals surface area contributed by atoms with Crippen LogP contribution < -0.4 is 5.19 Å². The average Bonchev–Trinajstić information content (AvgIpc) is 3.01. The zero-order chi connectivity index (χ0) is 32.9. The molecule has 1 N–H and O–H groups in total. The molecule has 0 atom stereocenters. The molecule has 0 unspecified atom stereocenters. The van der Waals surface area contributed by atoms with Crippen molar-refractivity contribution in [1.82, 2.24) is 4.98 Å². The Morgan fingerprint density at radius 2 is 1.52 bits per heavy atom. The van der Waals surface area contributed by atoms with Crippen LogP contribution in [0.1, 0.15) is 58.9 Å². The van der Waals surface area contributed by atoms with Gasteiger partial charge < -0.3 is 5.11 Å². The Labute approximate surface area is 288 Å². The summed E-state index contributed by atoms with van der Waals surface area (Å²) in [4.78, 5) is 16.4. The summed E-state index contributed by atoms with van der Waals surface area (Å²) in [6, 6.07) is 23.9. The van der Waals surface area contributed by atoms with Gasteiger partial charge in [0.25, 0.3) is 0 Å². The van der Waals surface area contributed by atoms with Gasteiger partial charge in [-0.2, -0.15) is 0 Å². The van der Waals surface area contributed by atoms with E-state index >= 15 is 4.39 Å². The summed E-state index contributed by atoms with van der Waals surface area (Å²) < 4.78 is 15.0. The quantitative estimate of drug-likeness (QED) is 0.0530. The first-order chi connectivity index (χ1) is 21.4. The van der Waals surface area contributed by atoms with E-state index in [0.29, 0.717) is 0 Å². The predicted octanol–water partition coefficient (Wildman–Crippen LogP) is 10.9. The number of aliphatic hydroxyl groups excluding tert-OH is 1. The first-order valence-corrected chi connectivity index (χ1v) is 19.8. The smallest absolute Gasteiger partial charge is 0.162 e. The summed E-state index contributed by atoms with van der Waals surface area (Å²) in [7, 11) is -1.75. The van der Waals surface area contributed by atoms with Crippen molar-refractivity contribution in [2.24, 2.45) is 11.8 Å². The van der Waals surface area contributed by atoms with E-state index in [-0.39, 0.29) is 49.3 Å². The molecule has 0 aliphatic carbocycles. The minimum Gasteiger partial charge on any atom is -0.512 e. The number of aryl methyl sites for hydroxylation is 1. The number of allylic oxidation sites excluding steroid dienone is 2. The minimum atomic E-state index is -1.75. The van der Waals surface area contributed by atoms with Crippen LogP contribution in [0.5, 0.6) is 0 Å². The van der Waals surface area contributed by atoms with Gasteiger partial charge in [-0.05, 0) is 64.5 Å². The van der Waals surface area contributed by atoms with E-state index in [4.69, 9.17) is 4.98 Å². The first-order valence-electron chi connectivity index (χ1n) is 16.3. The largest absolute Gasteiger partial charge is 0.512 e. The molecule has 245 valence electrons. The molecule has 1 radical (unpaired) electrons. The van der Waals surface area contributed by atoms with E-state index in [1.165, 1.54) is 17.0 Å². The number of aliphatic hydroxyl groups is 1. The third-order valence-electron chi connectivity index (χ3n) is 8.98. The van der Waals surface area contributed by atoms with Crippen molar-refractivity contribution in [3.8, 4) is 11.3 Å². The van der Waals surface area contributed by atoms with Gasteiger partial charge in [-0.15, -0.1) is 29.1 Å². The van der Waals surface area contributed by atoms with Gasteiger partial charge in [0.15, 0.2) is 5.78 Å². The van der Waals surface area contributed by atoms with Crippen LogP contribution in [-0.2, 0) is 24.9 Å². The summed E-state index contributed by atoms with van der Waals surface area (Å²) in [6.45, 7) is 16.7. The summed E-state index contributed by atoms with van der Waals surface area (Å²) in [6.07, 6.45) is 6.73. The van der Waals surface area contributed by atoms with E-state index in [0.717, 1.165) is 69.1 Å². The number of aromatic nitrogens is 1. The molecule has 0 spiro atoms. The number of ketones is 1. The zero-order valence-corrected chi connectivity index (χ0v) is 31.8. The molecule has 46 heavy (non-hydrogen) atoms. The number of carbonyl (C=O) groups excluding carboxylic acids is 1. The standard InChI is InChI=1S/C27H23FNSi.C13H24O2.Ir/c1-17-13-20(14-18-7-5-6-8-21(17)18)27-23-10-9-19-15-26(30(2,3)4)25(28)16-24(19)22(23)11-12-29-27;1-5-10(6-2)12(14)9-13(15)11(7-3)8-4;/h5-13,15-16H,1-4H3;9-11,14H,5-8H2,1-4H3;/q-1;;. The van der Waals surface area contributed by atoms with Gasteiger partial charge in [0.2, 0.25) is 0 Å². The van der Waals surface area contributed by atoms with Gasteiger partial charge in [-0.25, -0.2) is 4.39 Å². The first kappa shape index (κ1) is 37.3. The number of fused-ring (bicyclic) bond motifs is 4. The summed E-state index contributed by atoms with van der Waals surface area (Å²) >= 11 is 0. The number of hydrogen-bond donors (Lipinski definition) is 1.